The first-order chi connectivity index (χ1) is 20.2. The van der Waals surface area contributed by atoms with Crippen molar-refractivity contribution >= 4 is 5.97 Å². The van der Waals surface area contributed by atoms with E-state index in [0.717, 1.165) is 30.2 Å². The molecule has 0 fully saturated rings. The van der Waals surface area contributed by atoms with E-state index in [2.05, 4.69) is 24.0 Å². The molecule has 0 saturated heterocycles. The van der Waals surface area contributed by atoms with Crippen molar-refractivity contribution in [2.45, 2.75) is 96.8 Å². The first-order valence-electron chi connectivity index (χ1n) is 15.0. The normalized spacial score (nSPS) is 12.3. The third-order valence-electron chi connectivity index (χ3n) is 7.10. The maximum absolute atomic E-state index is 14.9. The van der Waals surface area contributed by atoms with Gasteiger partial charge in [-0.25, -0.2) is 9.18 Å². The van der Waals surface area contributed by atoms with Crippen LogP contribution in [0, 0.1) is 5.82 Å². The number of aromatic nitrogens is 1. The Kier molecular flexibility index (Phi) is 13.5. The third-order valence-corrected chi connectivity index (χ3v) is 7.10. The van der Waals surface area contributed by atoms with Crippen LogP contribution < -0.4 is 4.74 Å². The minimum atomic E-state index is -4.94. The predicted octanol–water partition coefficient (Wildman–Crippen LogP) is 9.89. The predicted molar refractivity (Wildman–Crippen MR) is 158 cm³/mol. The number of nitrogens with zero attached hydrogens (tertiary/aromatic N) is 1. The molecule has 8 heteroatoms. The summed E-state index contributed by atoms with van der Waals surface area (Å²) in [4.78, 5) is 16.7. The third kappa shape index (κ3) is 10.5. The van der Waals surface area contributed by atoms with Gasteiger partial charge in [0.05, 0.1) is 5.69 Å². The lowest BCUT2D eigenvalue weighted by atomic mass is 10.0. The number of carbonyl (C=O) groups excluding carboxylic acids is 1. The van der Waals surface area contributed by atoms with Gasteiger partial charge < -0.3 is 9.47 Å². The van der Waals surface area contributed by atoms with Crippen LogP contribution in [0.25, 0.3) is 22.4 Å². The molecule has 0 radical (unpaired) electrons. The van der Waals surface area contributed by atoms with Gasteiger partial charge in [-0.15, -0.1) is 0 Å². The summed E-state index contributed by atoms with van der Waals surface area (Å²) in [6.45, 7) is 3.89. The Bertz CT molecular complexity index is 1230. The molecule has 0 saturated carbocycles. The van der Waals surface area contributed by atoms with Crippen LogP contribution in [0.2, 0.25) is 0 Å². The standard InChI is InChI=1S/C34H41F4NO3/c1-3-5-7-8-9-10-11-13-25-14-16-26(17-15-25)31-21-18-27(24-39-31)29-20-19-28(23-30(29)35)42-33(40)32(34(36,37)38)41-22-12-6-4-2/h14-21,23-24,32H,3-13,22H2,1-2H3. The molecule has 2 aromatic carbocycles. The number of carbonyl (C=O) groups is 1. The van der Waals surface area contributed by atoms with Crippen molar-refractivity contribution in [3.05, 3.63) is 72.2 Å². The fraction of sp³-hybridized carbons (Fsp3) is 0.471. The lowest BCUT2D eigenvalue weighted by Crippen LogP contribution is -2.42. The quantitative estimate of drug-likeness (QED) is 0.0683. The Morgan fingerprint density at radius 3 is 2.07 bits per heavy atom. The molecular formula is C34H41F4NO3. The van der Waals surface area contributed by atoms with Crippen LogP contribution in [0.15, 0.2) is 60.8 Å². The average molecular weight is 588 g/mol. The van der Waals surface area contributed by atoms with Crippen LogP contribution in [0.3, 0.4) is 0 Å². The van der Waals surface area contributed by atoms with E-state index in [1.807, 2.05) is 19.1 Å². The number of aryl methyl sites for hydroxylation is 1. The summed E-state index contributed by atoms with van der Waals surface area (Å²) in [5.41, 5.74) is 3.64. The molecule has 0 amide bonds. The number of benzene rings is 2. The topological polar surface area (TPSA) is 48.4 Å². The van der Waals surface area contributed by atoms with Gasteiger partial charge in [0, 0.05) is 35.6 Å². The number of pyridine rings is 1. The summed E-state index contributed by atoms with van der Waals surface area (Å²) in [7, 11) is 0. The lowest BCUT2D eigenvalue weighted by Gasteiger charge is -2.19. The van der Waals surface area contributed by atoms with Crippen molar-refractivity contribution in [1.82, 2.24) is 4.98 Å². The SMILES string of the molecule is CCCCCCCCCc1ccc(-c2ccc(-c3ccc(OC(=O)C(OCCCCC)C(F)(F)F)cc3F)cn2)cc1. The zero-order valence-electron chi connectivity index (χ0n) is 24.5. The Labute approximate surface area is 246 Å². The Balaban J connectivity index is 1.57. The second-order valence-corrected chi connectivity index (χ2v) is 10.6. The summed E-state index contributed by atoms with van der Waals surface area (Å²) >= 11 is 0. The summed E-state index contributed by atoms with van der Waals surface area (Å²) < 4.78 is 64.5. The van der Waals surface area contributed by atoms with Gasteiger partial charge in [0.25, 0.3) is 6.10 Å². The van der Waals surface area contributed by atoms with E-state index in [0.29, 0.717) is 18.4 Å². The Morgan fingerprint density at radius 2 is 1.45 bits per heavy atom. The van der Waals surface area contributed by atoms with E-state index < -0.39 is 24.1 Å². The molecule has 1 aromatic heterocycles. The van der Waals surface area contributed by atoms with E-state index in [-0.39, 0.29) is 17.9 Å². The molecule has 1 atom stereocenters. The molecule has 0 bridgehead atoms. The number of hydrogen-bond donors (Lipinski definition) is 0. The molecule has 3 aromatic rings. The molecule has 4 nitrogen and oxygen atoms in total. The van der Waals surface area contributed by atoms with Gasteiger partial charge in [-0.05, 0) is 43.0 Å². The fourth-order valence-corrected chi connectivity index (χ4v) is 4.66. The van der Waals surface area contributed by atoms with Crippen LogP contribution >= 0.6 is 0 Å². The van der Waals surface area contributed by atoms with Crippen molar-refractivity contribution in [1.29, 1.82) is 0 Å². The highest BCUT2D eigenvalue weighted by atomic mass is 19.4. The maximum atomic E-state index is 14.9. The zero-order valence-corrected chi connectivity index (χ0v) is 24.5. The Morgan fingerprint density at radius 1 is 0.810 bits per heavy atom. The van der Waals surface area contributed by atoms with Gasteiger partial charge in [-0.1, -0.05) is 95.5 Å². The van der Waals surface area contributed by atoms with E-state index in [1.54, 1.807) is 12.1 Å². The van der Waals surface area contributed by atoms with Crippen molar-refractivity contribution < 1.29 is 31.8 Å². The van der Waals surface area contributed by atoms with Gasteiger partial charge in [-0.2, -0.15) is 13.2 Å². The molecule has 3 rings (SSSR count). The number of hydrogen-bond acceptors (Lipinski definition) is 4. The first-order valence-corrected chi connectivity index (χ1v) is 15.0. The van der Waals surface area contributed by atoms with E-state index in [9.17, 15) is 22.4 Å². The van der Waals surface area contributed by atoms with Crippen molar-refractivity contribution in [3.8, 4) is 28.1 Å². The van der Waals surface area contributed by atoms with Gasteiger partial charge >= 0.3 is 12.1 Å². The van der Waals surface area contributed by atoms with Crippen LogP contribution in [0.5, 0.6) is 5.75 Å². The molecular weight excluding hydrogens is 546 g/mol. The van der Waals surface area contributed by atoms with Crippen molar-refractivity contribution in [3.63, 3.8) is 0 Å². The smallest absolute Gasteiger partial charge is 0.424 e. The minimum Gasteiger partial charge on any atom is -0.424 e. The Hall–Kier alpha value is -3.26. The molecule has 0 aliphatic carbocycles. The van der Waals surface area contributed by atoms with E-state index >= 15 is 0 Å². The zero-order chi connectivity index (χ0) is 30.4. The van der Waals surface area contributed by atoms with Crippen LogP contribution in [0.4, 0.5) is 17.6 Å². The van der Waals surface area contributed by atoms with Gasteiger partial charge in [0.15, 0.2) is 0 Å². The molecule has 1 unspecified atom stereocenters. The number of ether oxygens (including phenoxy) is 2. The second kappa shape index (κ2) is 17.0. The summed E-state index contributed by atoms with van der Waals surface area (Å²) in [5.74, 6) is -2.73. The number of rotatable bonds is 17. The number of halogens is 4. The lowest BCUT2D eigenvalue weighted by molar-refractivity contribution is -0.225. The van der Waals surface area contributed by atoms with Gasteiger partial charge in [0.1, 0.15) is 11.6 Å². The van der Waals surface area contributed by atoms with Gasteiger partial charge in [0.2, 0.25) is 0 Å². The molecule has 0 aliphatic rings. The fourth-order valence-electron chi connectivity index (χ4n) is 4.66. The summed E-state index contributed by atoms with van der Waals surface area (Å²) in [6.07, 6.45) is 5.70. The number of esters is 1. The largest absolute Gasteiger partial charge is 0.425 e. The number of alkyl halides is 3. The van der Waals surface area contributed by atoms with Crippen LogP contribution in [-0.2, 0) is 16.0 Å². The molecule has 42 heavy (non-hydrogen) atoms. The molecule has 1 heterocycles. The second-order valence-electron chi connectivity index (χ2n) is 10.6. The number of unbranched alkanes of at least 4 members (excludes halogenated alkanes) is 8. The summed E-state index contributed by atoms with van der Waals surface area (Å²) in [5, 5.41) is 0. The maximum Gasteiger partial charge on any atom is 0.425 e. The highest BCUT2D eigenvalue weighted by Gasteiger charge is 2.47. The molecule has 0 aliphatic heterocycles. The van der Waals surface area contributed by atoms with E-state index in [1.165, 1.54) is 68.8 Å². The van der Waals surface area contributed by atoms with E-state index in [4.69, 9.17) is 9.47 Å². The van der Waals surface area contributed by atoms with Gasteiger partial charge in [-0.3, -0.25) is 4.98 Å². The molecule has 0 spiro atoms. The van der Waals surface area contributed by atoms with Crippen molar-refractivity contribution in [2.24, 2.45) is 0 Å². The summed E-state index contributed by atoms with van der Waals surface area (Å²) in [6, 6.07) is 15.3. The van der Waals surface area contributed by atoms with Crippen LogP contribution in [-0.4, -0.2) is 29.8 Å². The first kappa shape index (κ1) is 33.2. The molecule has 0 N–H and O–H groups in total. The molecule has 228 valence electrons. The monoisotopic (exact) mass is 587 g/mol. The van der Waals surface area contributed by atoms with Crippen molar-refractivity contribution in [2.75, 3.05) is 6.61 Å². The highest BCUT2D eigenvalue weighted by Crippen LogP contribution is 2.30. The average Bonchev–Trinajstić information content (AvgIpc) is 2.96. The minimum absolute atomic E-state index is 0.182. The highest BCUT2D eigenvalue weighted by molar-refractivity contribution is 5.78. The van der Waals surface area contributed by atoms with Crippen LogP contribution in [0.1, 0.15) is 83.6 Å².